The molecule has 0 atom stereocenters. The fraction of sp³-hybridized carbons (Fsp3) is 0.800. The third-order valence-electron chi connectivity index (χ3n) is 4.33. The van der Waals surface area contributed by atoms with E-state index in [0.717, 1.165) is 51.4 Å². The Hall–Kier alpha value is -0.490. The molecule has 1 saturated heterocycles. The van der Waals surface area contributed by atoms with Crippen molar-refractivity contribution < 1.29 is 4.74 Å². The van der Waals surface area contributed by atoms with Gasteiger partial charge in [-0.05, 0) is 25.7 Å². The number of hydrogen-bond acceptors (Lipinski definition) is 5. The lowest BCUT2D eigenvalue weighted by Gasteiger charge is -2.25. The van der Waals surface area contributed by atoms with Gasteiger partial charge in [0.2, 0.25) is 0 Å². The van der Waals surface area contributed by atoms with Gasteiger partial charge in [-0.25, -0.2) is 4.98 Å². The van der Waals surface area contributed by atoms with Crippen LogP contribution in [0.15, 0.2) is 0 Å². The predicted octanol–water partition coefficient (Wildman–Crippen LogP) is 2.10. The maximum atomic E-state index is 5.42. The van der Waals surface area contributed by atoms with E-state index < -0.39 is 0 Å². The Kier molecular flexibility index (Phi) is 3.77. The lowest BCUT2D eigenvalue weighted by molar-refractivity contribution is 0.0341. The predicted molar refractivity (Wildman–Crippen MR) is 80.0 cm³/mol. The summed E-state index contributed by atoms with van der Waals surface area (Å²) in [6.45, 7) is 5.89. The number of thiazole rings is 1. The molecule has 5 heteroatoms. The smallest absolute Gasteiger partial charge is 0.107 e. The molecule has 1 aromatic heterocycles. The van der Waals surface area contributed by atoms with Crippen LogP contribution in [-0.2, 0) is 17.8 Å². The first-order valence-corrected chi connectivity index (χ1v) is 8.72. The largest absolute Gasteiger partial charge is 0.379 e. The average molecular weight is 293 g/mol. The first-order chi connectivity index (χ1) is 9.88. The van der Waals surface area contributed by atoms with E-state index in [2.05, 4.69) is 10.2 Å². The van der Waals surface area contributed by atoms with Crippen LogP contribution in [0.4, 0.5) is 0 Å². The maximum Gasteiger partial charge on any atom is 0.107 e. The van der Waals surface area contributed by atoms with E-state index in [4.69, 9.17) is 9.72 Å². The SMILES string of the molecule is C1CN(Cc2nc(C3CC3)c(CNC3CC3)s2)CCO1. The highest BCUT2D eigenvalue weighted by Crippen LogP contribution is 2.43. The van der Waals surface area contributed by atoms with E-state index in [9.17, 15) is 0 Å². The molecule has 1 N–H and O–H groups in total. The van der Waals surface area contributed by atoms with E-state index in [-0.39, 0.29) is 0 Å². The van der Waals surface area contributed by atoms with Crippen molar-refractivity contribution in [3.63, 3.8) is 0 Å². The minimum atomic E-state index is 0.765. The molecule has 0 unspecified atom stereocenters. The Labute approximate surface area is 124 Å². The van der Waals surface area contributed by atoms with E-state index in [1.807, 2.05) is 11.3 Å². The molecule has 3 aliphatic rings. The summed E-state index contributed by atoms with van der Waals surface area (Å²) in [7, 11) is 0. The van der Waals surface area contributed by atoms with Crippen LogP contribution in [0.1, 0.15) is 47.2 Å². The van der Waals surface area contributed by atoms with E-state index in [1.165, 1.54) is 41.3 Å². The van der Waals surface area contributed by atoms with Gasteiger partial charge in [0, 0.05) is 36.5 Å². The van der Waals surface area contributed by atoms with E-state index in [1.54, 1.807) is 0 Å². The summed E-state index contributed by atoms with van der Waals surface area (Å²) >= 11 is 1.94. The zero-order chi connectivity index (χ0) is 13.4. The molecular formula is C15H23N3OS. The minimum Gasteiger partial charge on any atom is -0.379 e. The van der Waals surface area contributed by atoms with Crippen LogP contribution in [-0.4, -0.2) is 42.2 Å². The maximum absolute atomic E-state index is 5.42. The number of hydrogen-bond donors (Lipinski definition) is 1. The first kappa shape index (κ1) is 13.2. The topological polar surface area (TPSA) is 37.4 Å². The van der Waals surface area contributed by atoms with Crippen LogP contribution in [0, 0.1) is 0 Å². The third-order valence-corrected chi connectivity index (χ3v) is 5.38. The van der Waals surface area contributed by atoms with Gasteiger partial charge in [-0.3, -0.25) is 4.90 Å². The van der Waals surface area contributed by atoms with Gasteiger partial charge in [-0.2, -0.15) is 0 Å². The molecule has 3 fully saturated rings. The Balaban J connectivity index is 1.43. The van der Waals surface area contributed by atoms with Gasteiger partial charge in [-0.1, -0.05) is 0 Å². The highest BCUT2D eigenvalue weighted by atomic mass is 32.1. The Morgan fingerprint density at radius 2 is 2.00 bits per heavy atom. The molecule has 4 nitrogen and oxygen atoms in total. The first-order valence-electron chi connectivity index (χ1n) is 7.90. The summed E-state index contributed by atoms with van der Waals surface area (Å²) in [6, 6.07) is 0.784. The van der Waals surface area contributed by atoms with Gasteiger partial charge < -0.3 is 10.1 Å². The van der Waals surface area contributed by atoms with Crippen LogP contribution >= 0.6 is 11.3 Å². The number of morpholine rings is 1. The molecule has 2 heterocycles. The van der Waals surface area contributed by atoms with Crippen molar-refractivity contribution in [3.05, 3.63) is 15.6 Å². The molecule has 0 bridgehead atoms. The molecule has 0 aromatic carbocycles. The van der Waals surface area contributed by atoms with Crippen molar-refractivity contribution in [2.45, 2.75) is 50.7 Å². The highest BCUT2D eigenvalue weighted by molar-refractivity contribution is 7.11. The van der Waals surface area contributed by atoms with Crippen LogP contribution in [0.25, 0.3) is 0 Å². The monoisotopic (exact) mass is 293 g/mol. The highest BCUT2D eigenvalue weighted by Gasteiger charge is 2.30. The standard InChI is InChI=1S/C15H23N3OS/c1-2-11(1)15-13(9-16-12-3-4-12)20-14(17-15)10-18-5-7-19-8-6-18/h11-12,16H,1-10H2. The number of aromatic nitrogens is 1. The number of nitrogens with zero attached hydrogens (tertiary/aromatic N) is 2. The average Bonchev–Trinajstić information content (AvgIpc) is 3.38. The van der Waals surface area contributed by atoms with Crippen LogP contribution < -0.4 is 5.32 Å². The lowest BCUT2D eigenvalue weighted by atomic mass is 10.2. The van der Waals surface area contributed by atoms with Crippen molar-refractivity contribution in [1.82, 2.24) is 15.2 Å². The molecule has 0 radical (unpaired) electrons. The molecule has 20 heavy (non-hydrogen) atoms. The Bertz CT molecular complexity index is 462. The quantitative estimate of drug-likeness (QED) is 0.871. The lowest BCUT2D eigenvalue weighted by Crippen LogP contribution is -2.35. The van der Waals surface area contributed by atoms with Crippen LogP contribution in [0.3, 0.4) is 0 Å². The summed E-state index contributed by atoms with van der Waals surface area (Å²) in [5.41, 5.74) is 1.41. The van der Waals surface area contributed by atoms with Crippen molar-refractivity contribution in [2.75, 3.05) is 26.3 Å². The second-order valence-corrected chi connectivity index (χ2v) is 7.40. The molecule has 1 aliphatic heterocycles. The van der Waals surface area contributed by atoms with Gasteiger partial charge in [0.1, 0.15) is 5.01 Å². The Morgan fingerprint density at radius 1 is 1.20 bits per heavy atom. The van der Waals surface area contributed by atoms with Gasteiger partial charge in [0.25, 0.3) is 0 Å². The Morgan fingerprint density at radius 3 is 2.70 bits per heavy atom. The van der Waals surface area contributed by atoms with Gasteiger partial charge >= 0.3 is 0 Å². The summed E-state index contributed by atoms with van der Waals surface area (Å²) in [5, 5.41) is 4.96. The molecule has 2 saturated carbocycles. The molecule has 2 aliphatic carbocycles. The molecule has 0 amide bonds. The second-order valence-electron chi connectivity index (χ2n) is 6.23. The summed E-state index contributed by atoms with van der Waals surface area (Å²) < 4.78 is 5.42. The molecule has 0 spiro atoms. The zero-order valence-corrected chi connectivity index (χ0v) is 12.8. The summed E-state index contributed by atoms with van der Waals surface area (Å²) in [4.78, 5) is 8.93. The number of nitrogens with one attached hydrogen (secondary N) is 1. The van der Waals surface area contributed by atoms with Gasteiger partial charge in [0.15, 0.2) is 0 Å². The van der Waals surface area contributed by atoms with Crippen LogP contribution in [0.2, 0.25) is 0 Å². The number of rotatable bonds is 6. The van der Waals surface area contributed by atoms with E-state index >= 15 is 0 Å². The van der Waals surface area contributed by atoms with Gasteiger partial charge in [0.05, 0.1) is 25.5 Å². The zero-order valence-electron chi connectivity index (χ0n) is 11.9. The second kappa shape index (κ2) is 5.72. The molecular weight excluding hydrogens is 270 g/mol. The van der Waals surface area contributed by atoms with Gasteiger partial charge in [-0.15, -0.1) is 11.3 Å². The van der Waals surface area contributed by atoms with Crippen LogP contribution in [0.5, 0.6) is 0 Å². The molecule has 4 rings (SSSR count). The fourth-order valence-corrected chi connectivity index (χ4v) is 3.91. The summed E-state index contributed by atoms with van der Waals surface area (Å²) in [5.74, 6) is 0.765. The fourth-order valence-electron chi connectivity index (χ4n) is 2.76. The molecule has 110 valence electrons. The minimum absolute atomic E-state index is 0.765. The van der Waals surface area contributed by atoms with E-state index in [0.29, 0.717) is 0 Å². The number of ether oxygens (including phenoxy) is 1. The van der Waals surface area contributed by atoms with Crippen molar-refractivity contribution in [1.29, 1.82) is 0 Å². The van der Waals surface area contributed by atoms with Crippen molar-refractivity contribution >= 4 is 11.3 Å². The summed E-state index contributed by atoms with van der Waals surface area (Å²) in [6.07, 6.45) is 5.41. The van der Waals surface area contributed by atoms with Crippen molar-refractivity contribution in [2.24, 2.45) is 0 Å². The molecule has 1 aromatic rings. The normalized spacial score (nSPS) is 24.2. The third kappa shape index (κ3) is 3.22. The van der Waals surface area contributed by atoms with Crippen molar-refractivity contribution in [3.8, 4) is 0 Å².